The third kappa shape index (κ3) is 3.56. The van der Waals surface area contributed by atoms with E-state index in [0.717, 1.165) is 25.7 Å². The minimum absolute atomic E-state index is 0.287. The van der Waals surface area contributed by atoms with Gasteiger partial charge in [-0.25, -0.2) is 0 Å². The molecule has 114 valence electrons. The predicted molar refractivity (Wildman–Crippen MR) is 88.2 cm³/mol. The molecule has 1 aliphatic carbocycles. The molecule has 0 aliphatic heterocycles. The van der Waals surface area contributed by atoms with Gasteiger partial charge < -0.3 is 5.11 Å². The van der Waals surface area contributed by atoms with Crippen LogP contribution in [0.2, 0.25) is 0 Å². The van der Waals surface area contributed by atoms with Crippen molar-refractivity contribution in [1.82, 2.24) is 0 Å². The Morgan fingerprint density at radius 1 is 1.09 bits per heavy atom. The van der Waals surface area contributed by atoms with Gasteiger partial charge in [-0.2, -0.15) is 0 Å². The molecule has 0 heterocycles. The SMILES string of the molecule is O=C(O)CCC[C@H]1CCc2ccc(Cc3ccccc3)cc21. The fourth-order valence-corrected chi connectivity index (χ4v) is 3.48. The van der Waals surface area contributed by atoms with E-state index in [1.807, 2.05) is 6.07 Å². The van der Waals surface area contributed by atoms with Gasteiger partial charge in [0.2, 0.25) is 0 Å². The monoisotopic (exact) mass is 294 g/mol. The number of carbonyl (C=O) groups is 1. The highest BCUT2D eigenvalue weighted by molar-refractivity contribution is 5.66. The standard InChI is InChI=1S/C20H22O2/c21-20(22)8-4-7-17-11-12-18-10-9-16(14-19(17)18)13-15-5-2-1-3-6-15/h1-3,5-6,9-10,14,17H,4,7-8,11-13H2,(H,21,22)/t17-/m0/s1. The van der Waals surface area contributed by atoms with Crippen molar-refractivity contribution >= 4 is 5.97 Å². The summed E-state index contributed by atoms with van der Waals surface area (Å²) >= 11 is 0. The van der Waals surface area contributed by atoms with Crippen molar-refractivity contribution in [2.75, 3.05) is 0 Å². The second-order valence-electron chi connectivity index (χ2n) is 6.22. The van der Waals surface area contributed by atoms with Gasteiger partial charge in [0.1, 0.15) is 0 Å². The fraction of sp³-hybridized carbons (Fsp3) is 0.350. The average Bonchev–Trinajstić information content (AvgIpc) is 2.91. The highest BCUT2D eigenvalue weighted by Crippen LogP contribution is 2.37. The number of hydrogen-bond donors (Lipinski definition) is 1. The number of aliphatic carboxylic acids is 1. The second-order valence-corrected chi connectivity index (χ2v) is 6.22. The maximum absolute atomic E-state index is 10.7. The molecule has 1 aliphatic rings. The van der Waals surface area contributed by atoms with Crippen LogP contribution >= 0.6 is 0 Å². The Labute approximate surface area is 131 Å². The van der Waals surface area contributed by atoms with E-state index in [1.54, 1.807) is 0 Å². The number of carboxylic acids is 1. The topological polar surface area (TPSA) is 37.3 Å². The normalized spacial score (nSPS) is 16.5. The van der Waals surface area contributed by atoms with Crippen molar-refractivity contribution in [3.05, 3.63) is 70.8 Å². The van der Waals surface area contributed by atoms with Crippen LogP contribution in [0.15, 0.2) is 48.5 Å². The molecule has 2 aromatic rings. The van der Waals surface area contributed by atoms with E-state index in [0.29, 0.717) is 5.92 Å². The van der Waals surface area contributed by atoms with Crippen LogP contribution in [0.5, 0.6) is 0 Å². The second kappa shape index (κ2) is 6.78. The molecule has 0 saturated heterocycles. The summed E-state index contributed by atoms with van der Waals surface area (Å²) in [6, 6.07) is 17.4. The van der Waals surface area contributed by atoms with Gasteiger partial charge >= 0.3 is 5.97 Å². The lowest BCUT2D eigenvalue weighted by molar-refractivity contribution is -0.137. The Balaban J connectivity index is 1.70. The zero-order valence-electron chi connectivity index (χ0n) is 12.8. The molecule has 0 bridgehead atoms. The van der Waals surface area contributed by atoms with Gasteiger partial charge in [0.05, 0.1) is 0 Å². The Kier molecular flexibility index (Phi) is 4.57. The van der Waals surface area contributed by atoms with Crippen LogP contribution in [0.3, 0.4) is 0 Å². The van der Waals surface area contributed by atoms with Crippen LogP contribution in [0.1, 0.15) is 53.9 Å². The van der Waals surface area contributed by atoms with Gasteiger partial charge in [-0.05, 0) is 60.3 Å². The molecule has 2 heteroatoms. The first kappa shape index (κ1) is 14.8. The minimum atomic E-state index is -0.684. The molecule has 0 saturated carbocycles. The van der Waals surface area contributed by atoms with E-state index in [1.165, 1.54) is 28.7 Å². The van der Waals surface area contributed by atoms with E-state index in [4.69, 9.17) is 5.11 Å². The molecule has 0 aromatic heterocycles. The number of hydrogen-bond acceptors (Lipinski definition) is 1. The number of aryl methyl sites for hydroxylation is 1. The van der Waals surface area contributed by atoms with Gasteiger partial charge in [-0.3, -0.25) is 4.79 Å². The van der Waals surface area contributed by atoms with E-state index >= 15 is 0 Å². The average molecular weight is 294 g/mol. The largest absolute Gasteiger partial charge is 0.481 e. The summed E-state index contributed by atoms with van der Waals surface area (Å²) in [6.45, 7) is 0. The van der Waals surface area contributed by atoms with Crippen molar-refractivity contribution in [2.24, 2.45) is 0 Å². The van der Waals surface area contributed by atoms with E-state index in [9.17, 15) is 4.79 Å². The predicted octanol–water partition coefficient (Wildman–Crippen LogP) is 4.56. The molecule has 0 radical (unpaired) electrons. The van der Waals surface area contributed by atoms with E-state index in [2.05, 4.69) is 42.5 Å². The lowest BCUT2D eigenvalue weighted by Gasteiger charge is -2.12. The summed E-state index contributed by atoms with van der Waals surface area (Å²) in [5, 5.41) is 8.79. The Morgan fingerprint density at radius 3 is 2.68 bits per heavy atom. The molecule has 1 atom stereocenters. The summed E-state index contributed by atoms with van der Waals surface area (Å²) < 4.78 is 0. The summed E-state index contributed by atoms with van der Waals surface area (Å²) in [5.41, 5.74) is 5.61. The van der Waals surface area contributed by atoms with Crippen molar-refractivity contribution in [3.8, 4) is 0 Å². The number of rotatable bonds is 6. The maximum atomic E-state index is 10.7. The first-order chi connectivity index (χ1) is 10.7. The zero-order valence-corrected chi connectivity index (χ0v) is 12.8. The fourth-order valence-electron chi connectivity index (χ4n) is 3.48. The van der Waals surface area contributed by atoms with Crippen molar-refractivity contribution < 1.29 is 9.90 Å². The molecule has 22 heavy (non-hydrogen) atoms. The highest BCUT2D eigenvalue weighted by Gasteiger charge is 2.22. The molecule has 3 rings (SSSR count). The molecule has 0 unspecified atom stereocenters. The first-order valence-electron chi connectivity index (χ1n) is 8.10. The van der Waals surface area contributed by atoms with Crippen molar-refractivity contribution in [3.63, 3.8) is 0 Å². The molecular weight excluding hydrogens is 272 g/mol. The van der Waals surface area contributed by atoms with Crippen LogP contribution in [-0.4, -0.2) is 11.1 Å². The summed E-state index contributed by atoms with van der Waals surface area (Å²) in [5.74, 6) is -0.138. The highest BCUT2D eigenvalue weighted by atomic mass is 16.4. The lowest BCUT2D eigenvalue weighted by Crippen LogP contribution is -1.99. The van der Waals surface area contributed by atoms with Crippen LogP contribution in [0.25, 0.3) is 0 Å². The molecule has 2 nitrogen and oxygen atoms in total. The summed E-state index contributed by atoms with van der Waals surface area (Å²) in [7, 11) is 0. The van der Waals surface area contributed by atoms with Gasteiger partial charge in [0.25, 0.3) is 0 Å². The molecule has 0 spiro atoms. The molecule has 0 amide bonds. The van der Waals surface area contributed by atoms with Gasteiger partial charge in [0.15, 0.2) is 0 Å². The Hall–Kier alpha value is -2.09. The summed E-state index contributed by atoms with van der Waals surface area (Å²) in [6.07, 6.45) is 5.34. The smallest absolute Gasteiger partial charge is 0.303 e. The number of benzene rings is 2. The first-order valence-corrected chi connectivity index (χ1v) is 8.10. The molecular formula is C20H22O2. The quantitative estimate of drug-likeness (QED) is 0.848. The molecule has 0 fully saturated rings. The van der Waals surface area contributed by atoms with Crippen LogP contribution in [0.4, 0.5) is 0 Å². The maximum Gasteiger partial charge on any atom is 0.303 e. The third-order valence-corrected chi connectivity index (χ3v) is 4.61. The Morgan fingerprint density at radius 2 is 1.91 bits per heavy atom. The van der Waals surface area contributed by atoms with Crippen LogP contribution in [-0.2, 0) is 17.6 Å². The van der Waals surface area contributed by atoms with Gasteiger partial charge in [0, 0.05) is 6.42 Å². The Bertz CT molecular complexity index is 646. The molecule has 2 aromatic carbocycles. The van der Waals surface area contributed by atoms with Crippen molar-refractivity contribution in [1.29, 1.82) is 0 Å². The number of fused-ring (bicyclic) bond motifs is 1. The lowest BCUT2D eigenvalue weighted by atomic mass is 9.93. The molecule has 1 N–H and O–H groups in total. The third-order valence-electron chi connectivity index (χ3n) is 4.61. The van der Waals surface area contributed by atoms with E-state index in [-0.39, 0.29) is 6.42 Å². The number of carboxylic acid groups (broad SMARTS) is 1. The minimum Gasteiger partial charge on any atom is -0.481 e. The zero-order chi connectivity index (χ0) is 15.4. The summed E-state index contributed by atoms with van der Waals surface area (Å²) in [4.78, 5) is 10.7. The van der Waals surface area contributed by atoms with Gasteiger partial charge in [-0.1, -0.05) is 48.5 Å². The van der Waals surface area contributed by atoms with E-state index < -0.39 is 5.97 Å². The van der Waals surface area contributed by atoms with Gasteiger partial charge in [-0.15, -0.1) is 0 Å². The van der Waals surface area contributed by atoms with Crippen LogP contribution in [0, 0.1) is 0 Å². The van der Waals surface area contributed by atoms with Crippen LogP contribution < -0.4 is 0 Å². The van der Waals surface area contributed by atoms with Crippen molar-refractivity contribution in [2.45, 2.75) is 44.4 Å².